The highest BCUT2D eigenvalue weighted by molar-refractivity contribution is 7.99. The topological polar surface area (TPSA) is 101 Å². The van der Waals surface area contributed by atoms with Crippen LogP contribution in [-0.2, 0) is 0 Å². The van der Waals surface area contributed by atoms with Crippen LogP contribution < -0.4 is 0 Å². The van der Waals surface area contributed by atoms with Crippen molar-refractivity contribution < 1.29 is 19.9 Å². The van der Waals surface area contributed by atoms with E-state index in [0.717, 1.165) is 22.7 Å². The van der Waals surface area contributed by atoms with Crippen molar-refractivity contribution in [3.63, 3.8) is 0 Å². The molecule has 0 aliphatic carbocycles. The summed E-state index contributed by atoms with van der Waals surface area (Å²) in [7, 11) is 0. The number of aromatic hydroxyl groups is 1. The Morgan fingerprint density at radius 1 is 1.15 bits per heavy atom. The van der Waals surface area contributed by atoms with E-state index in [9.17, 15) is 20.0 Å². The Kier molecular flexibility index (Phi) is 3.90. The van der Waals surface area contributed by atoms with E-state index in [0.29, 0.717) is 4.90 Å². The predicted octanol–water partition coefficient (Wildman–Crippen LogP) is 3.15. The maximum atomic E-state index is 11.2. The first-order valence-electron chi connectivity index (χ1n) is 5.46. The largest absolute Gasteiger partial charge is 0.508 e. The molecule has 0 aliphatic rings. The standard InChI is InChI=1S/C13H9NO5S/c15-9-2-4-10(5-3-9)20-12-6-1-8(14(18)19)7-11(12)13(16)17/h1-7,15H,(H,16,17). The summed E-state index contributed by atoms with van der Waals surface area (Å²) in [5, 5.41) is 29.0. The summed E-state index contributed by atoms with van der Waals surface area (Å²) < 4.78 is 0. The first-order valence-corrected chi connectivity index (χ1v) is 6.27. The van der Waals surface area contributed by atoms with Crippen LogP contribution >= 0.6 is 11.8 Å². The number of carboxylic acids is 1. The number of non-ortho nitro benzene ring substituents is 1. The SMILES string of the molecule is O=C(O)c1cc([N+](=O)[O-])ccc1Sc1ccc(O)cc1. The van der Waals surface area contributed by atoms with Crippen molar-refractivity contribution in [1.29, 1.82) is 0 Å². The number of carbonyl (C=O) groups is 1. The van der Waals surface area contributed by atoms with Gasteiger partial charge in [-0.3, -0.25) is 10.1 Å². The van der Waals surface area contributed by atoms with E-state index in [1.165, 1.54) is 24.3 Å². The van der Waals surface area contributed by atoms with Gasteiger partial charge in [-0.05, 0) is 30.3 Å². The molecule has 0 aliphatic heterocycles. The summed E-state index contributed by atoms with van der Waals surface area (Å²) in [5.41, 5.74) is -0.394. The van der Waals surface area contributed by atoms with Crippen LogP contribution in [0.4, 0.5) is 5.69 Å². The molecule has 0 amide bonds. The molecule has 0 spiro atoms. The molecule has 0 saturated carbocycles. The fraction of sp³-hybridized carbons (Fsp3) is 0. The number of nitro benzene ring substituents is 1. The molecule has 2 aromatic rings. The number of carboxylic acid groups (broad SMARTS) is 1. The van der Waals surface area contributed by atoms with Crippen molar-refractivity contribution >= 4 is 23.4 Å². The summed E-state index contributed by atoms with van der Waals surface area (Å²) in [4.78, 5) is 22.3. The number of hydrogen-bond acceptors (Lipinski definition) is 5. The molecule has 2 rings (SSSR count). The van der Waals surface area contributed by atoms with E-state index < -0.39 is 10.9 Å². The zero-order chi connectivity index (χ0) is 14.7. The molecule has 2 N–H and O–H groups in total. The number of nitrogens with zero attached hydrogens (tertiary/aromatic N) is 1. The molecule has 0 aromatic heterocycles. The van der Waals surface area contributed by atoms with Gasteiger partial charge in [-0.1, -0.05) is 11.8 Å². The van der Waals surface area contributed by atoms with Crippen LogP contribution in [-0.4, -0.2) is 21.1 Å². The van der Waals surface area contributed by atoms with Crippen molar-refractivity contribution in [1.82, 2.24) is 0 Å². The van der Waals surface area contributed by atoms with Crippen LogP contribution in [0.5, 0.6) is 5.75 Å². The number of phenols is 1. The fourth-order valence-corrected chi connectivity index (χ4v) is 2.45. The lowest BCUT2D eigenvalue weighted by Crippen LogP contribution is -2.00. The molecule has 6 nitrogen and oxygen atoms in total. The zero-order valence-electron chi connectivity index (χ0n) is 10.0. The Hall–Kier alpha value is -2.54. The second-order valence-corrected chi connectivity index (χ2v) is 4.95. The minimum absolute atomic E-state index is 0.108. The molecule has 0 unspecified atom stereocenters. The zero-order valence-corrected chi connectivity index (χ0v) is 10.8. The number of hydrogen-bond donors (Lipinski definition) is 2. The van der Waals surface area contributed by atoms with Crippen LogP contribution in [0.15, 0.2) is 52.3 Å². The normalized spacial score (nSPS) is 10.2. The lowest BCUT2D eigenvalue weighted by molar-refractivity contribution is -0.384. The molecule has 0 radical (unpaired) electrons. The quantitative estimate of drug-likeness (QED) is 0.663. The number of benzene rings is 2. The van der Waals surface area contributed by atoms with Crippen LogP contribution in [0.3, 0.4) is 0 Å². The Balaban J connectivity index is 2.38. The maximum Gasteiger partial charge on any atom is 0.337 e. The number of nitro groups is 1. The van der Waals surface area contributed by atoms with Gasteiger partial charge in [-0.15, -0.1) is 0 Å². The monoisotopic (exact) mass is 291 g/mol. The molecule has 0 atom stereocenters. The first-order chi connectivity index (χ1) is 9.47. The Morgan fingerprint density at radius 2 is 1.80 bits per heavy atom. The van der Waals surface area contributed by atoms with Crippen LogP contribution in [0.1, 0.15) is 10.4 Å². The highest BCUT2D eigenvalue weighted by Gasteiger charge is 2.16. The van der Waals surface area contributed by atoms with E-state index >= 15 is 0 Å². The van der Waals surface area contributed by atoms with Crippen LogP contribution in [0.2, 0.25) is 0 Å². The van der Waals surface area contributed by atoms with E-state index in [-0.39, 0.29) is 17.0 Å². The van der Waals surface area contributed by atoms with Crippen LogP contribution in [0, 0.1) is 10.1 Å². The average Bonchev–Trinajstić information content (AvgIpc) is 2.41. The van der Waals surface area contributed by atoms with Gasteiger partial charge in [-0.25, -0.2) is 4.79 Å². The third-order valence-electron chi connectivity index (χ3n) is 2.47. The molecule has 0 heterocycles. The van der Waals surface area contributed by atoms with Crippen molar-refractivity contribution in [2.24, 2.45) is 0 Å². The molecule has 2 aromatic carbocycles. The highest BCUT2D eigenvalue weighted by atomic mass is 32.2. The second-order valence-electron chi connectivity index (χ2n) is 3.84. The van der Waals surface area contributed by atoms with Crippen molar-refractivity contribution in [2.45, 2.75) is 9.79 Å². The average molecular weight is 291 g/mol. The molecule has 0 saturated heterocycles. The van der Waals surface area contributed by atoms with Gasteiger partial charge < -0.3 is 10.2 Å². The van der Waals surface area contributed by atoms with Gasteiger partial charge in [0.05, 0.1) is 10.5 Å². The Morgan fingerprint density at radius 3 is 2.35 bits per heavy atom. The molecule has 7 heteroatoms. The number of phenolic OH excluding ortho intramolecular Hbond substituents is 1. The summed E-state index contributed by atoms with van der Waals surface area (Å²) in [6.07, 6.45) is 0. The van der Waals surface area contributed by atoms with Gasteiger partial charge in [0.1, 0.15) is 5.75 Å². The first kappa shape index (κ1) is 13.9. The van der Waals surface area contributed by atoms with E-state index in [2.05, 4.69) is 0 Å². The summed E-state index contributed by atoms with van der Waals surface area (Å²) >= 11 is 1.16. The smallest absolute Gasteiger partial charge is 0.337 e. The van der Waals surface area contributed by atoms with E-state index in [1.54, 1.807) is 12.1 Å². The molecular formula is C13H9NO5S. The van der Waals surface area contributed by atoms with E-state index in [4.69, 9.17) is 5.11 Å². The lowest BCUT2D eigenvalue weighted by atomic mass is 10.2. The van der Waals surface area contributed by atoms with Crippen molar-refractivity contribution in [3.05, 3.63) is 58.1 Å². The number of aromatic carboxylic acids is 1. The van der Waals surface area contributed by atoms with Crippen molar-refractivity contribution in [2.75, 3.05) is 0 Å². The third kappa shape index (κ3) is 3.07. The second kappa shape index (κ2) is 5.62. The van der Waals surface area contributed by atoms with Gasteiger partial charge in [0.15, 0.2) is 0 Å². The molecule has 20 heavy (non-hydrogen) atoms. The molecule has 102 valence electrons. The summed E-state index contributed by atoms with van der Waals surface area (Å²) in [6, 6.07) is 9.92. The van der Waals surface area contributed by atoms with Gasteiger partial charge in [0.25, 0.3) is 5.69 Å². The molecule has 0 fully saturated rings. The maximum absolute atomic E-state index is 11.2. The van der Waals surface area contributed by atoms with Gasteiger partial charge in [-0.2, -0.15) is 0 Å². The summed E-state index contributed by atoms with van der Waals surface area (Å²) in [5.74, 6) is -1.12. The Bertz CT molecular complexity index is 669. The summed E-state index contributed by atoms with van der Waals surface area (Å²) in [6.45, 7) is 0. The number of rotatable bonds is 4. The van der Waals surface area contributed by atoms with Gasteiger partial charge in [0.2, 0.25) is 0 Å². The van der Waals surface area contributed by atoms with Gasteiger partial charge in [0, 0.05) is 21.9 Å². The van der Waals surface area contributed by atoms with Crippen LogP contribution in [0.25, 0.3) is 0 Å². The van der Waals surface area contributed by atoms with Crippen molar-refractivity contribution in [3.8, 4) is 5.75 Å². The minimum Gasteiger partial charge on any atom is -0.508 e. The Labute approximate surface area is 117 Å². The van der Waals surface area contributed by atoms with E-state index in [1.807, 2.05) is 0 Å². The molecule has 0 bridgehead atoms. The highest BCUT2D eigenvalue weighted by Crippen LogP contribution is 2.33. The molecular weight excluding hydrogens is 282 g/mol. The predicted molar refractivity (Wildman–Crippen MR) is 72.3 cm³/mol. The fourth-order valence-electron chi connectivity index (χ4n) is 1.53. The third-order valence-corrected chi connectivity index (χ3v) is 3.55. The van der Waals surface area contributed by atoms with Gasteiger partial charge >= 0.3 is 5.97 Å². The lowest BCUT2D eigenvalue weighted by Gasteiger charge is -2.06. The minimum atomic E-state index is -1.23.